The van der Waals surface area contributed by atoms with Crippen molar-refractivity contribution in [3.8, 4) is 11.5 Å². The third-order valence-corrected chi connectivity index (χ3v) is 3.92. The molecule has 1 aliphatic heterocycles. The van der Waals surface area contributed by atoms with Gasteiger partial charge in [0.25, 0.3) is 0 Å². The number of ether oxygens (including phenoxy) is 2. The number of carbonyl (C=O) groups is 1. The summed E-state index contributed by atoms with van der Waals surface area (Å²) < 4.78 is 10.8. The molecule has 0 radical (unpaired) electrons. The van der Waals surface area contributed by atoms with Gasteiger partial charge < -0.3 is 19.9 Å². The number of methoxy groups -OCH3 is 1. The van der Waals surface area contributed by atoms with Crippen molar-refractivity contribution < 1.29 is 19.4 Å². The SMILES string of the molecule is CCOc1ccc(C(C(=O)O)N2CCNCC2C)cc1OC. The summed E-state index contributed by atoms with van der Waals surface area (Å²) in [6, 6.07) is 4.83. The second kappa shape index (κ2) is 7.47. The van der Waals surface area contributed by atoms with Crippen molar-refractivity contribution >= 4 is 5.97 Å². The molecule has 1 heterocycles. The lowest BCUT2D eigenvalue weighted by atomic mass is 10.0. The number of benzene rings is 1. The van der Waals surface area contributed by atoms with Crippen LogP contribution in [-0.4, -0.2) is 55.4 Å². The van der Waals surface area contributed by atoms with Crippen LogP contribution in [0.2, 0.25) is 0 Å². The first kappa shape index (κ1) is 16.6. The fourth-order valence-corrected chi connectivity index (χ4v) is 2.85. The van der Waals surface area contributed by atoms with Crippen LogP contribution >= 0.6 is 0 Å². The smallest absolute Gasteiger partial charge is 0.325 e. The lowest BCUT2D eigenvalue weighted by Crippen LogP contribution is -2.52. The summed E-state index contributed by atoms with van der Waals surface area (Å²) in [4.78, 5) is 13.8. The van der Waals surface area contributed by atoms with Crippen molar-refractivity contribution in [2.24, 2.45) is 0 Å². The first-order chi connectivity index (χ1) is 10.6. The highest BCUT2D eigenvalue weighted by Gasteiger charge is 2.32. The van der Waals surface area contributed by atoms with Gasteiger partial charge in [0.1, 0.15) is 6.04 Å². The zero-order valence-corrected chi connectivity index (χ0v) is 13.3. The van der Waals surface area contributed by atoms with Gasteiger partial charge in [0.15, 0.2) is 11.5 Å². The lowest BCUT2D eigenvalue weighted by molar-refractivity contribution is -0.145. The second-order valence-corrected chi connectivity index (χ2v) is 5.38. The molecule has 22 heavy (non-hydrogen) atoms. The van der Waals surface area contributed by atoms with E-state index in [-0.39, 0.29) is 6.04 Å². The standard InChI is InChI=1S/C16H24N2O4/c1-4-22-13-6-5-12(9-14(13)21-3)15(16(19)20)18-8-7-17-10-11(18)2/h5-6,9,11,15,17H,4,7-8,10H2,1-3H3,(H,19,20). The number of aliphatic carboxylic acids is 1. The van der Waals surface area contributed by atoms with Gasteiger partial charge >= 0.3 is 5.97 Å². The molecule has 0 saturated carbocycles. The van der Waals surface area contributed by atoms with E-state index in [1.54, 1.807) is 25.3 Å². The number of nitrogens with one attached hydrogen (secondary N) is 1. The Morgan fingerprint density at radius 2 is 2.27 bits per heavy atom. The predicted molar refractivity (Wildman–Crippen MR) is 83.6 cm³/mol. The van der Waals surface area contributed by atoms with Crippen molar-refractivity contribution in [3.63, 3.8) is 0 Å². The number of hydrogen-bond donors (Lipinski definition) is 2. The summed E-state index contributed by atoms with van der Waals surface area (Å²) in [6.07, 6.45) is 0. The van der Waals surface area contributed by atoms with Crippen LogP contribution in [0.5, 0.6) is 11.5 Å². The zero-order valence-electron chi connectivity index (χ0n) is 13.3. The van der Waals surface area contributed by atoms with Crippen LogP contribution in [0.1, 0.15) is 25.5 Å². The Morgan fingerprint density at radius 3 is 2.86 bits per heavy atom. The quantitative estimate of drug-likeness (QED) is 0.830. The molecule has 0 aliphatic carbocycles. The molecule has 0 spiro atoms. The van der Waals surface area contributed by atoms with Crippen LogP contribution in [0, 0.1) is 0 Å². The molecular formula is C16H24N2O4. The molecule has 6 heteroatoms. The normalized spacial score (nSPS) is 20.4. The summed E-state index contributed by atoms with van der Waals surface area (Å²) >= 11 is 0. The molecule has 2 N–H and O–H groups in total. The minimum atomic E-state index is -0.847. The monoisotopic (exact) mass is 308 g/mol. The van der Waals surface area contributed by atoms with Crippen LogP contribution in [-0.2, 0) is 4.79 Å². The Balaban J connectivity index is 2.34. The maximum atomic E-state index is 11.8. The van der Waals surface area contributed by atoms with Gasteiger partial charge in [0, 0.05) is 25.7 Å². The van der Waals surface area contributed by atoms with E-state index in [1.807, 2.05) is 18.7 Å². The average molecular weight is 308 g/mol. The van der Waals surface area contributed by atoms with Crippen molar-refractivity contribution in [1.29, 1.82) is 0 Å². The summed E-state index contributed by atoms with van der Waals surface area (Å²) in [6.45, 7) is 6.75. The molecule has 2 atom stereocenters. The van der Waals surface area contributed by atoms with Crippen molar-refractivity contribution in [1.82, 2.24) is 10.2 Å². The topological polar surface area (TPSA) is 71.0 Å². The Bertz CT molecular complexity index is 521. The molecule has 1 aliphatic rings. The molecule has 6 nitrogen and oxygen atoms in total. The van der Waals surface area contributed by atoms with Gasteiger partial charge in [0.2, 0.25) is 0 Å². The fourth-order valence-electron chi connectivity index (χ4n) is 2.85. The minimum absolute atomic E-state index is 0.160. The first-order valence-electron chi connectivity index (χ1n) is 7.58. The van der Waals surface area contributed by atoms with Crippen LogP contribution in [0.4, 0.5) is 0 Å². The van der Waals surface area contributed by atoms with Gasteiger partial charge in [-0.05, 0) is 31.5 Å². The maximum absolute atomic E-state index is 11.8. The summed E-state index contributed by atoms with van der Waals surface area (Å²) in [7, 11) is 1.56. The maximum Gasteiger partial charge on any atom is 0.325 e. The molecule has 1 fully saturated rings. The number of carboxylic acid groups (broad SMARTS) is 1. The van der Waals surface area contributed by atoms with Crippen molar-refractivity contribution in [2.75, 3.05) is 33.4 Å². The molecule has 0 bridgehead atoms. The summed E-state index contributed by atoms with van der Waals surface area (Å²) in [5, 5.41) is 13.0. The van der Waals surface area contributed by atoms with Gasteiger partial charge in [-0.25, -0.2) is 0 Å². The zero-order chi connectivity index (χ0) is 16.1. The van der Waals surface area contributed by atoms with Crippen LogP contribution < -0.4 is 14.8 Å². The number of piperazine rings is 1. The summed E-state index contributed by atoms with van der Waals surface area (Å²) in [5.74, 6) is 0.347. The van der Waals surface area contributed by atoms with E-state index in [2.05, 4.69) is 5.32 Å². The molecular weight excluding hydrogens is 284 g/mol. The van der Waals surface area contributed by atoms with E-state index in [0.29, 0.717) is 30.2 Å². The lowest BCUT2D eigenvalue weighted by Gasteiger charge is -2.38. The Kier molecular flexibility index (Phi) is 5.63. The van der Waals surface area contributed by atoms with Gasteiger partial charge in [-0.2, -0.15) is 0 Å². The van der Waals surface area contributed by atoms with E-state index in [9.17, 15) is 9.90 Å². The Labute approximate surface area is 131 Å². The average Bonchev–Trinajstić information content (AvgIpc) is 2.50. The molecule has 122 valence electrons. The number of hydrogen-bond acceptors (Lipinski definition) is 5. The van der Waals surface area contributed by atoms with Crippen molar-refractivity contribution in [3.05, 3.63) is 23.8 Å². The van der Waals surface area contributed by atoms with E-state index >= 15 is 0 Å². The Morgan fingerprint density at radius 1 is 1.50 bits per heavy atom. The third-order valence-electron chi connectivity index (χ3n) is 3.92. The molecule has 1 aromatic rings. The van der Waals surface area contributed by atoms with Crippen LogP contribution in [0.3, 0.4) is 0 Å². The first-order valence-corrected chi connectivity index (χ1v) is 7.58. The third kappa shape index (κ3) is 3.51. The molecule has 2 rings (SSSR count). The molecule has 1 saturated heterocycles. The summed E-state index contributed by atoms with van der Waals surface area (Å²) in [5.41, 5.74) is 0.710. The van der Waals surface area contributed by atoms with E-state index in [1.165, 1.54) is 0 Å². The largest absolute Gasteiger partial charge is 0.493 e. The highest BCUT2D eigenvalue weighted by atomic mass is 16.5. The van der Waals surface area contributed by atoms with E-state index in [4.69, 9.17) is 9.47 Å². The number of nitrogens with zero attached hydrogens (tertiary/aromatic N) is 1. The van der Waals surface area contributed by atoms with Crippen LogP contribution in [0.25, 0.3) is 0 Å². The molecule has 2 unspecified atom stereocenters. The fraction of sp³-hybridized carbons (Fsp3) is 0.562. The van der Waals surface area contributed by atoms with Crippen LogP contribution in [0.15, 0.2) is 18.2 Å². The molecule has 0 amide bonds. The predicted octanol–water partition coefficient (Wildman–Crippen LogP) is 1.51. The highest BCUT2D eigenvalue weighted by Crippen LogP contribution is 2.33. The Hall–Kier alpha value is -1.79. The number of rotatable bonds is 6. The highest BCUT2D eigenvalue weighted by molar-refractivity contribution is 5.76. The van der Waals surface area contributed by atoms with Crippen molar-refractivity contribution in [2.45, 2.75) is 25.9 Å². The van der Waals surface area contributed by atoms with Gasteiger partial charge in [-0.15, -0.1) is 0 Å². The minimum Gasteiger partial charge on any atom is -0.493 e. The number of carboxylic acids is 1. The van der Waals surface area contributed by atoms with Gasteiger partial charge in [0.05, 0.1) is 13.7 Å². The second-order valence-electron chi connectivity index (χ2n) is 5.38. The van der Waals surface area contributed by atoms with E-state index < -0.39 is 12.0 Å². The molecule has 1 aromatic carbocycles. The van der Waals surface area contributed by atoms with Gasteiger partial charge in [-0.1, -0.05) is 6.07 Å². The molecule has 0 aromatic heterocycles. The van der Waals surface area contributed by atoms with Gasteiger partial charge in [-0.3, -0.25) is 9.69 Å². The van der Waals surface area contributed by atoms with E-state index in [0.717, 1.165) is 13.1 Å².